The minimum atomic E-state index is -0.0254. The third-order valence-electron chi connectivity index (χ3n) is 3.12. The smallest absolute Gasteiger partial charge is 0.164 e. The highest BCUT2D eigenvalue weighted by Gasteiger charge is 2.38. The van der Waals surface area contributed by atoms with Crippen molar-refractivity contribution < 1.29 is 4.79 Å². The lowest BCUT2D eigenvalue weighted by Crippen LogP contribution is -2.23. The lowest BCUT2D eigenvalue weighted by molar-refractivity contribution is 0.0975. The van der Waals surface area contributed by atoms with Gasteiger partial charge in [-0.25, -0.2) is 0 Å². The molecule has 2 heteroatoms. The highest BCUT2D eigenvalue weighted by Crippen LogP contribution is 2.40. The molecule has 0 amide bonds. The number of rotatable bonds is 2. The second-order valence-corrected chi connectivity index (χ2v) is 4.24. The predicted molar refractivity (Wildman–Crippen MR) is 56.4 cm³/mol. The lowest BCUT2D eigenvalue weighted by atomic mass is 9.81. The molecule has 1 aliphatic rings. The van der Waals surface area contributed by atoms with Gasteiger partial charge in [0, 0.05) is 17.4 Å². The van der Waals surface area contributed by atoms with E-state index in [9.17, 15) is 4.79 Å². The number of hydrogen-bond donors (Lipinski definition) is 1. The molecule has 2 nitrogen and oxygen atoms in total. The highest BCUT2D eigenvalue weighted by atomic mass is 16.1. The van der Waals surface area contributed by atoms with Gasteiger partial charge in [-0.05, 0) is 18.5 Å². The number of Topliss-reactive ketones (excluding diaryl/α,β-unsaturated/α-hetero) is 1. The van der Waals surface area contributed by atoms with Gasteiger partial charge in [-0.2, -0.15) is 0 Å². The van der Waals surface area contributed by atoms with Gasteiger partial charge in [-0.1, -0.05) is 31.2 Å². The molecule has 1 aromatic carbocycles. The van der Waals surface area contributed by atoms with E-state index in [0.717, 1.165) is 12.0 Å². The third-order valence-corrected chi connectivity index (χ3v) is 3.12. The van der Waals surface area contributed by atoms with Crippen LogP contribution < -0.4 is 5.73 Å². The first kappa shape index (κ1) is 9.41. The molecule has 0 bridgehead atoms. The molecule has 0 heterocycles. The monoisotopic (exact) mass is 189 g/mol. The number of carbonyl (C=O) groups excluding carboxylic acids is 1. The molecule has 0 spiro atoms. The van der Waals surface area contributed by atoms with E-state index in [1.54, 1.807) is 0 Å². The van der Waals surface area contributed by atoms with Crippen molar-refractivity contribution in [2.24, 2.45) is 5.73 Å². The molecule has 1 aromatic rings. The van der Waals surface area contributed by atoms with Crippen LogP contribution in [0.1, 0.15) is 35.7 Å². The Morgan fingerprint density at radius 3 is 2.86 bits per heavy atom. The van der Waals surface area contributed by atoms with Crippen LogP contribution in [0.5, 0.6) is 0 Å². The summed E-state index contributed by atoms with van der Waals surface area (Å²) in [5, 5.41) is 0. The van der Waals surface area contributed by atoms with Crippen LogP contribution >= 0.6 is 0 Å². The molecule has 0 radical (unpaired) electrons. The standard InChI is InChI=1S/C12H15NO/c1-12(6-7-13)8-11(14)9-4-2-3-5-10(9)12/h2-5H,6-8,13H2,1H3. The Morgan fingerprint density at radius 1 is 1.43 bits per heavy atom. The van der Waals surface area contributed by atoms with Gasteiger partial charge in [0.25, 0.3) is 0 Å². The van der Waals surface area contributed by atoms with Crippen molar-refractivity contribution in [3.05, 3.63) is 35.4 Å². The normalized spacial score (nSPS) is 25.1. The maximum atomic E-state index is 11.7. The van der Waals surface area contributed by atoms with Crippen LogP contribution in [0.2, 0.25) is 0 Å². The van der Waals surface area contributed by atoms with Crippen LogP contribution in [0.3, 0.4) is 0 Å². The quantitative estimate of drug-likeness (QED) is 0.771. The molecule has 1 unspecified atom stereocenters. The topological polar surface area (TPSA) is 43.1 Å². The van der Waals surface area contributed by atoms with E-state index in [-0.39, 0.29) is 11.2 Å². The summed E-state index contributed by atoms with van der Waals surface area (Å²) in [4.78, 5) is 11.7. The average Bonchev–Trinajstić information content (AvgIpc) is 2.41. The number of nitrogens with two attached hydrogens (primary N) is 1. The zero-order chi connectivity index (χ0) is 10.2. The maximum absolute atomic E-state index is 11.7. The summed E-state index contributed by atoms with van der Waals surface area (Å²) in [5.74, 6) is 0.261. The van der Waals surface area contributed by atoms with Gasteiger partial charge in [0.2, 0.25) is 0 Å². The second kappa shape index (κ2) is 3.21. The zero-order valence-corrected chi connectivity index (χ0v) is 8.42. The zero-order valence-electron chi connectivity index (χ0n) is 8.42. The van der Waals surface area contributed by atoms with E-state index in [4.69, 9.17) is 5.73 Å². The molecular weight excluding hydrogens is 174 g/mol. The van der Waals surface area contributed by atoms with Gasteiger partial charge in [0.1, 0.15) is 0 Å². The number of carbonyl (C=O) groups is 1. The van der Waals surface area contributed by atoms with Crippen LogP contribution in [-0.2, 0) is 5.41 Å². The Labute approximate surface area is 84.1 Å². The summed E-state index contributed by atoms with van der Waals surface area (Å²) >= 11 is 0. The molecule has 0 aromatic heterocycles. The molecule has 2 N–H and O–H groups in total. The first-order chi connectivity index (χ1) is 6.67. The Kier molecular flexibility index (Phi) is 2.16. The number of benzene rings is 1. The molecule has 0 saturated carbocycles. The largest absolute Gasteiger partial charge is 0.330 e. The molecule has 0 saturated heterocycles. The van der Waals surface area contributed by atoms with Gasteiger partial charge < -0.3 is 5.73 Å². The van der Waals surface area contributed by atoms with E-state index in [1.807, 2.05) is 18.2 Å². The van der Waals surface area contributed by atoms with E-state index < -0.39 is 0 Å². The number of hydrogen-bond acceptors (Lipinski definition) is 2. The van der Waals surface area contributed by atoms with Crippen LogP contribution in [0.15, 0.2) is 24.3 Å². The van der Waals surface area contributed by atoms with Crippen LogP contribution in [0.25, 0.3) is 0 Å². The fraction of sp³-hybridized carbons (Fsp3) is 0.417. The predicted octanol–water partition coefficient (Wildman–Crippen LogP) is 1.88. The summed E-state index contributed by atoms with van der Waals surface area (Å²) in [7, 11) is 0. The average molecular weight is 189 g/mol. The van der Waals surface area contributed by atoms with E-state index in [2.05, 4.69) is 13.0 Å². The minimum absolute atomic E-state index is 0.0254. The third kappa shape index (κ3) is 1.26. The summed E-state index contributed by atoms with van der Waals surface area (Å²) in [6.45, 7) is 2.77. The summed E-state index contributed by atoms with van der Waals surface area (Å²) in [6.07, 6.45) is 1.50. The Bertz CT molecular complexity index is 372. The van der Waals surface area contributed by atoms with Gasteiger partial charge in [-0.15, -0.1) is 0 Å². The van der Waals surface area contributed by atoms with Crippen LogP contribution in [0, 0.1) is 0 Å². The number of fused-ring (bicyclic) bond motifs is 1. The van der Waals surface area contributed by atoms with Gasteiger partial charge in [-0.3, -0.25) is 4.79 Å². The van der Waals surface area contributed by atoms with Gasteiger partial charge in [0.15, 0.2) is 5.78 Å². The Morgan fingerprint density at radius 2 is 2.14 bits per heavy atom. The minimum Gasteiger partial charge on any atom is -0.330 e. The molecular formula is C12H15NO. The van der Waals surface area contributed by atoms with Crippen molar-refractivity contribution >= 4 is 5.78 Å². The number of ketones is 1. The molecule has 1 atom stereocenters. The fourth-order valence-corrected chi connectivity index (χ4v) is 2.34. The highest BCUT2D eigenvalue weighted by molar-refractivity contribution is 6.02. The first-order valence-corrected chi connectivity index (χ1v) is 5.00. The van der Waals surface area contributed by atoms with Crippen molar-refractivity contribution in [1.29, 1.82) is 0 Å². The Balaban J connectivity index is 2.48. The SMILES string of the molecule is CC1(CCN)CC(=O)c2ccccc21. The molecule has 2 rings (SSSR count). The lowest BCUT2D eigenvalue weighted by Gasteiger charge is -2.23. The maximum Gasteiger partial charge on any atom is 0.164 e. The van der Waals surface area contributed by atoms with Crippen LogP contribution in [-0.4, -0.2) is 12.3 Å². The fourth-order valence-electron chi connectivity index (χ4n) is 2.34. The molecule has 0 aliphatic heterocycles. The van der Waals surface area contributed by atoms with Crippen LogP contribution in [0.4, 0.5) is 0 Å². The van der Waals surface area contributed by atoms with Crippen molar-refractivity contribution in [3.63, 3.8) is 0 Å². The van der Waals surface area contributed by atoms with E-state index >= 15 is 0 Å². The van der Waals surface area contributed by atoms with Gasteiger partial charge >= 0.3 is 0 Å². The van der Waals surface area contributed by atoms with E-state index in [0.29, 0.717) is 13.0 Å². The molecule has 14 heavy (non-hydrogen) atoms. The van der Waals surface area contributed by atoms with Crippen molar-refractivity contribution in [2.75, 3.05) is 6.54 Å². The summed E-state index contributed by atoms with van der Waals surface area (Å²) in [6, 6.07) is 7.88. The summed E-state index contributed by atoms with van der Waals surface area (Å²) < 4.78 is 0. The van der Waals surface area contributed by atoms with E-state index in [1.165, 1.54) is 5.56 Å². The van der Waals surface area contributed by atoms with Crippen molar-refractivity contribution in [3.8, 4) is 0 Å². The molecule has 1 aliphatic carbocycles. The van der Waals surface area contributed by atoms with Gasteiger partial charge in [0.05, 0.1) is 0 Å². The van der Waals surface area contributed by atoms with Crippen molar-refractivity contribution in [1.82, 2.24) is 0 Å². The Hall–Kier alpha value is -1.15. The van der Waals surface area contributed by atoms with Crippen molar-refractivity contribution in [2.45, 2.75) is 25.2 Å². The second-order valence-electron chi connectivity index (χ2n) is 4.24. The molecule has 0 fully saturated rings. The molecule has 74 valence electrons. The first-order valence-electron chi connectivity index (χ1n) is 5.00. The summed E-state index contributed by atoms with van der Waals surface area (Å²) in [5.41, 5.74) is 7.63.